The molecule has 2 N–H and O–H groups in total. The summed E-state index contributed by atoms with van der Waals surface area (Å²) in [6.07, 6.45) is 6.94. The Morgan fingerprint density at radius 3 is 2.67 bits per heavy atom. The van der Waals surface area contributed by atoms with E-state index >= 15 is 0 Å². The van der Waals surface area contributed by atoms with Crippen molar-refractivity contribution in [3.05, 3.63) is 0 Å². The Morgan fingerprint density at radius 2 is 2.07 bits per heavy atom. The normalized spacial score (nSPS) is 35.6. The van der Waals surface area contributed by atoms with E-state index in [9.17, 15) is 5.11 Å². The summed E-state index contributed by atoms with van der Waals surface area (Å²) in [5, 5.41) is 13.8. The van der Waals surface area contributed by atoms with Crippen LogP contribution in [0.15, 0.2) is 0 Å². The standard InChI is InChI=1S/C12H23NO2/c1-10-11(5-8-15-10)13-9-12(14)6-3-2-4-7-12/h10-11,13-14H,2-9H2,1H3/t10-,11+/m1/s1. The highest BCUT2D eigenvalue weighted by molar-refractivity contribution is 4.88. The molecule has 0 radical (unpaired) electrons. The molecule has 0 spiro atoms. The number of ether oxygens (including phenoxy) is 1. The first-order valence-corrected chi connectivity index (χ1v) is 6.27. The number of nitrogens with one attached hydrogen (secondary N) is 1. The van der Waals surface area contributed by atoms with Crippen molar-refractivity contribution in [1.29, 1.82) is 0 Å². The first kappa shape index (κ1) is 11.4. The second-order valence-corrected chi connectivity index (χ2v) is 5.14. The highest BCUT2D eigenvalue weighted by atomic mass is 16.5. The van der Waals surface area contributed by atoms with Crippen molar-refractivity contribution < 1.29 is 9.84 Å². The number of rotatable bonds is 3. The highest BCUT2D eigenvalue weighted by Gasteiger charge is 2.31. The molecule has 0 aromatic rings. The lowest BCUT2D eigenvalue weighted by Gasteiger charge is -2.33. The summed E-state index contributed by atoms with van der Waals surface area (Å²) in [4.78, 5) is 0. The van der Waals surface area contributed by atoms with Gasteiger partial charge in [-0.15, -0.1) is 0 Å². The molecular formula is C12H23NO2. The number of hydrogen-bond acceptors (Lipinski definition) is 3. The van der Waals surface area contributed by atoms with Crippen molar-refractivity contribution in [2.75, 3.05) is 13.2 Å². The monoisotopic (exact) mass is 213 g/mol. The maximum Gasteiger partial charge on any atom is 0.0771 e. The minimum absolute atomic E-state index is 0.303. The van der Waals surface area contributed by atoms with Crippen molar-refractivity contribution in [2.24, 2.45) is 0 Å². The van der Waals surface area contributed by atoms with Crippen LogP contribution in [0.3, 0.4) is 0 Å². The van der Waals surface area contributed by atoms with Gasteiger partial charge < -0.3 is 15.2 Å². The molecule has 2 atom stereocenters. The molecule has 3 heteroatoms. The minimum atomic E-state index is -0.444. The lowest BCUT2D eigenvalue weighted by Crippen LogP contribution is -2.47. The van der Waals surface area contributed by atoms with Crippen molar-refractivity contribution in [1.82, 2.24) is 5.32 Å². The predicted octanol–water partition coefficient (Wildman–Crippen LogP) is 1.45. The van der Waals surface area contributed by atoms with E-state index in [1.807, 2.05) is 0 Å². The lowest BCUT2D eigenvalue weighted by molar-refractivity contribution is 0.000394. The fourth-order valence-corrected chi connectivity index (χ4v) is 2.71. The summed E-state index contributed by atoms with van der Waals surface area (Å²) >= 11 is 0. The Bertz CT molecular complexity index is 202. The van der Waals surface area contributed by atoms with Gasteiger partial charge >= 0.3 is 0 Å². The highest BCUT2D eigenvalue weighted by Crippen LogP contribution is 2.27. The van der Waals surface area contributed by atoms with E-state index in [4.69, 9.17) is 4.74 Å². The van der Waals surface area contributed by atoms with Gasteiger partial charge in [-0.3, -0.25) is 0 Å². The fourth-order valence-electron chi connectivity index (χ4n) is 2.71. The summed E-state index contributed by atoms with van der Waals surface area (Å²) in [5.74, 6) is 0. The zero-order valence-electron chi connectivity index (χ0n) is 9.67. The van der Waals surface area contributed by atoms with Gasteiger partial charge in [-0.25, -0.2) is 0 Å². The molecule has 0 aromatic carbocycles. The van der Waals surface area contributed by atoms with Crippen molar-refractivity contribution in [2.45, 2.75) is 63.2 Å². The predicted molar refractivity (Wildman–Crippen MR) is 59.9 cm³/mol. The second-order valence-electron chi connectivity index (χ2n) is 5.14. The molecule has 88 valence electrons. The van der Waals surface area contributed by atoms with Crippen molar-refractivity contribution in [3.63, 3.8) is 0 Å². The average molecular weight is 213 g/mol. The molecule has 0 aromatic heterocycles. The first-order valence-electron chi connectivity index (χ1n) is 6.27. The van der Waals surface area contributed by atoms with Gasteiger partial charge in [-0.1, -0.05) is 19.3 Å². The van der Waals surface area contributed by atoms with Gasteiger partial charge in [0.05, 0.1) is 11.7 Å². The quantitative estimate of drug-likeness (QED) is 0.745. The Kier molecular flexibility index (Phi) is 3.65. The molecule has 1 heterocycles. The molecule has 0 bridgehead atoms. The van der Waals surface area contributed by atoms with Gasteiger partial charge in [0.25, 0.3) is 0 Å². The molecule has 2 fully saturated rings. The van der Waals surface area contributed by atoms with Crippen LogP contribution >= 0.6 is 0 Å². The van der Waals surface area contributed by atoms with Gasteiger partial charge in [0.15, 0.2) is 0 Å². The van der Waals surface area contributed by atoms with Crippen LogP contribution in [-0.2, 0) is 4.74 Å². The van der Waals surface area contributed by atoms with Crippen LogP contribution in [0.2, 0.25) is 0 Å². The Balaban J connectivity index is 1.76. The molecule has 3 nitrogen and oxygen atoms in total. The Labute approximate surface area is 92.2 Å². The van der Waals surface area contributed by atoms with Crippen LogP contribution in [0.1, 0.15) is 45.4 Å². The maximum absolute atomic E-state index is 10.3. The lowest BCUT2D eigenvalue weighted by atomic mass is 9.84. The van der Waals surface area contributed by atoms with E-state index in [2.05, 4.69) is 12.2 Å². The topological polar surface area (TPSA) is 41.5 Å². The summed E-state index contributed by atoms with van der Waals surface area (Å²) < 4.78 is 5.49. The fraction of sp³-hybridized carbons (Fsp3) is 1.00. The minimum Gasteiger partial charge on any atom is -0.389 e. The van der Waals surface area contributed by atoms with E-state index in [-0.39, 0.29) is 0 Å². The van der Waals surface area contributed by atoms with Crippen LogP contribution in [0.5, 0.6) is 0 Å². The maximum atomic E-state index is 10.3. The SMILES string of the molecule is C[C@H]1OCC[C@@H]1NCC1(O)CCCCC1. The van der Waals surface area contributed by atoms with Gasteiger partial charge in [0.2, 0.25) is 0 Å². The van der Waals surface area contributed by atoms with Gasteiger partial charge in [-0.05, 0) is 26.2 Å². The van der Waals surface area contributed by atoms with Gasteiger partial charge in [0.1, 0.15) is 0 Å². The summed E-state index contributed by atoms with van der Waals surface area (Å²) in [7, 11) is 0. The molecular weight excluding hydrogens is 190 g/mol. The Morgan fingerprint density at radius 1 is 1.33 bits per heavy atom. The zero-order chi connectivity index (χ0) is 10.7. The van der Waals surface area contributed by atoms with E-state index in [1.165, 1.54) is 19.3 Å². The molecule has 1 aliphatic heterocycles. The molecule has 2 aliphatic rings. The molecule has 0 unspecified atom stereocenters. The average Bonchev–Trinajstić information content (AvgIpc) is 2.62. The van der Waals surface area contributed by atoms with Gasteiger partial charge in [0, 0.05) is 19.2 Å². The third-order valence-corrected chi connectivity index (χ3v) is 3.85. The van der Waals surface area contributed by atoms with Crippen molar-refractivity contribution >= 4 is 0 Å². The molecule has 1 saturated carbocycles. The second kappa shape index (κ2) is 4.81. The van der Waals surface area contributed by atoms with E-state index in [0.717, 1.165) is 32.4 Å². The number of hydrogen-bond donors (Lipinski definition) is 2. The van der Waals surface area contributed by atoms with Crippen LogP contribution in [-0.4, -0.2) is 36.0 Å². The molecule has 15 heavy (non-hydrogen) atoms. The molecule has 0 amide bonds. The van der Waals surface area contributed by atoms with Crippen LogP contribution in [0.25, 0.3) is 0 Å². The smallest absolute Gasteiger partial charge is 0.0771 e. The van der Waals surface area contributed by atoms with E-state index in [1.54, 1.807) is 0 Å². The molecule has 1 saturated heterocycles. The van der Waals surface area contributed by atoms with Crippen molar-refractivity contribution in [3.8, 4) is 0 Å². The van der Waals surface area contributed by atoms with E-state index < -0.39 is 5.60 Å². The summed E-state index contributed by atoms with van der Waals surface area (Å²) in [5.41, 5.74) is -0.444. The zero-order valence-corrected chi connectivity index (χ0v) is 9.67. The summed E-state index contributed by atoms with van der Waals surface area (Å²) in [6.45, 7) is 3.71. The van der Waals surface area contributed by atoms with Gasteiger partial charge in [-0.2, -0.15) is 0 Å². The Hall–Kier alpha value is -0.120. The third kappa shape index (κ3) is 2.92. The third-order valence-electron chi connectivity index (χ3n) is 3.85. The van der Waals surface area contributed by atoms with Crippen LogP contribution in [0, 0.1) is 0 Å². The number of aliphatic hydroxyl groups is 1. The van der Waals surface area contributed by atoms with Crippen LogP contribution < -0.4 is 5.32 Å². The molecule has 1 aliphatic carbocycles. The van der Waals surface area contributed by atoms with E-state index in [0.29, 0.717) is 12.1 Å². The molecule has 2 rings (SSSR count). The summed E-state index contributed by atoms with van der Waals surface area (Å²) in [6, 6.07) is 0.441. The largest absolute Gasteiger partial charge is 0.389 e. The first-order chi connectivity index (χ1) is 7.20. The van der Waals surface area contributed by atoms with Crippen LogP contribution in [0.4, 0.5) is 0 Å².